The number of ether oxygens (including phenoxy) is 3. The minimum absolute atomic E-state index is 0.0183. The fourth-order valence-corrected chi connectivity index (χ4v) is 6.92. The summed E-state index contributed by atoms with van der Waals surface area (Å²) in [5.41, 5.74) is 0. The zero-order valence-corrected chi connectivity index (χ0v) is 38.8. The van der Waals surface area contributed by atoms with Gasteiger partial charge in [-0.15, -0.1) is 0 Å². The maximum absolute atomic E-state index is 12.7. The summed E-state index contributed by atoms with van der Waals surface area (Å²) in [5.74, 6) is -0.860. The largest absolute Gasteiger partial charge is 0.472 e. The van der Waals surface area contributed by atoms with Gasteiger partial charge in [-0.25, -0.2) is 4.57 Å². The van der Waals surface area contributed by atoms with E-state index in [1.807, 2.05) is 21.1 Å². The van der Waals surface area contributed by atoms with E-state index in [9.17, 15) is 19.0 Å². The van der Waals surface area contributed by atoms with Crippen molar-refractivity contribution in [1.82, 2.24) is 0 Å². The maximum Gasteiger partial charge on any atom is 0.472 e. The average molecular weight is 851 g/mol. The molecule has 340 valence electrons. The monoisotopic (exact) mass is 851 g/mol. The third-order valence-electron chi connectivity index (χ3n) is 9.94. The van der Waals surface area contributed by atoms with Crippen LogP contribution in [0.3, 0.4) is 0 Å². The molecule has 0 bridgehead atoms. The molecule has 1 aliphatic rings. The first-order chi connectivity index (χ1) is 28.5. The Morgan fingerprint density at radius 1 is 0.627 bits per heavy atom. The summed E-state index contributed by atoms with van der Waals surface area (Å²) in [5, 5.41) is 0. The van der Waals surface area contributed by atoms with E-state index in [1.54, 1.807) is 0 Å². The van der Waals surface area contributed by atoms with Crippen molar-refractivity contribution in [2.45, 2.75) is 186 Å². The molecule has 0 aliphatic carbocycles. The van der Waals surface area contributed by atoms with Crippen LogP contribution in [0.15, 0.2) is 60.8 Å². The van der Waals surface area contributed by atoms with Gasteiger partial charge in [0.1, 0.15) is 19.8 Å². The molecule has 1 saturated heterocycles. The number of quaternary nitrogens is 1. The normalized spacial score (nSPS) is 17.5. The van der Waals surface area contributed by atoms with Gasteiger partial charge in [0.25, 0.3) is 0 Å². The lowest BCUT2D eigenvalue weighted by Gasteiger charge is -2.24. The SMILES string of the molecule is CCCCC/C=C\C/C=C\C/C=C\C/C=C\CCCCCC(=O)OC[C@H](COP(=O)(O)OCC[N+](C)(C)C)OC(=O)CCCCCCC/C=C\CC1OC1CCCCC. The van der Waals surface area contributed by atoms with Gasteiger partial charge in [-0.3, -0.25) is 18.6 Å². The van der Waals surface area contributed by atoms with Crippen molar-refractivity contribution in [3.63, 3.8) is 0 Å². The lowest BCUT2D eigenvalue weighted by molar-refractivity contribution is -0.870. The number of phosphoric acid groups is 1. The topological polar surface area (TPSA) is 121 Å². The smallest absolute Gasteiger partial charge is 0.462 e. The number of likely N-dealkylation sites (N-methyl/N-ethyl adjacent to an activating group) is 1. The number of hydrogen-bond acceptors (Lipinski definition) is 8. The average Bonchev–Trinajstić information content (AvgIpc) is 3.94. The van der Waals surface area contributed by atoms with Crippen LogP contribution in [-0.2, 0) is 37.4 Å². The molecule has 0 radical (unpaired) electrons. The fourth-order valence-electron chi connectivity index (χ4n) is 6.18. The molecular formula is C48H85NO9P+. The highest BCUT2D eigenvalue weighted by molar-refractivity contribution is 7.47. The molecule has 10 nitrogen and oxygen atoms in total. The van der Waals surface area contributed by atoms with E-state index in [1.165, 1.54) is 51.4 Å². The third kappa shape index (κ3) is 37.2. The Kier molecular flexibility index (Phi) is 33.7. The van der Waals surface area contributed by atoms with Crippen molar-refractivity contribution in [3.05, 3.63) is 60.8 Å². The summed E-state index contributed by atoms with van der Waals surface area (Å²) < 4.78 is 40.1. The Bertz CT molecular complexity index is 1260. The van der Waals surface area contributed by atoms with Gasteiger partial charge in [-0.2, -0.15) is 0 Å². The van der Waals surface area contributed by atoms with Gasteiger partial charge in [0, 0.05) is 12.8 Å². The molecule has 0 spiro atoms. The first kappa shape index (κ1) is 54.7. The second kappa shape index (κ2) is 36.3. The van der Waals surface area contributed by atoms with Crippen LogP contribution in [0.2, 0.25) is 0 Å². The van der Waals surface area contributed by atoms with E-state index in [4.69, 9.17) is 23.3 Å². The number of unbranched alkanes of at least 4 members (excludes halogenated alkanes) is 13. The van der Waals surface area contributed by atoms with Crippen LogP contribution in [0.5, 0.6) is 0 Å². The highest BCUT2D eigenvalue weighted by Crippen LogP contribution is 2.43. The molecule has 11 heteroatoms. The summed E-state index contributed by atoms with van der Waals surface area (Å²) >= 11 is 0. The van der Waals surface area contributed by atoms with E-state index < -0.39 is 32.5 Å². The summed E-state index contributed by atoms with van der Waals surface area (Å²) in [6.07, 6.45) is 45.8. The van der Waals surface area contributed by atoms with Gasteiger partial charge >= 0.3 is 19.8 Å². The molecule has 1 rings (SSSR count). The van der Waals surface area contributed by atoms with Gasteiger partial charge in [0.15, 0.2) is 6.10 Å². The molecule has 1 N–H and O–H groups in total. The molecule has 1 heterocycles. The Morgan fingerprint density at radius 3 is 1.75 bits per heavy atom. The molecule has 0 aromatic heterocycles. The first-order valence-corrected chi connectivity index (χ1v) is 24.6. The Balaban J connectivity index is 2.30. The van der Waals surface area contributed by atoms with E-state index >= 15 is 0 Å². The fraction of sp³-hybridized carbons (Fsp3) is 0.750. The highest BCUT2D eigenvalue weighted by atomic mass is 31.2. The number of hydrogen-bond donors (Lipinski definition) is 1. The van der Waals surface area contributed by atoms with E-state index in [2.05, 4.69) is 74.6 Å². The molecule has 0 aromatic rings. The number of rotatable bonds is 40. The van der Waals surface area contributed by atoms with Crippen LogP contribution in [0.1, 0.15) is 168 Å². The Labute approximate surface area is 360 Å². The molecule has 0 aromatic carbocycles. The van der Waals surface area contributed by atoms with Crippen molar-refractivity contribution in [3.8, 4) is 0 Å². The third-order valence-corrected chi connectivity index (χ3v) is 10.9. The summed E-state index contributed by atoms with van der Waals surface area (Å²) in [6, 6.07) is 0. The van der Waals surface area contributed by atoms with Crippen LogP contribution in [0.4, 0.5) is 0 Å². The molecule has 1 fully saturated rings. The van der Waals surface area contributed by atoms with Crippen molar-refractivity contribution >= 4 is 19.8 Å². The standard InChI is InChI=1S/C48H84NO9P/c1-6-8-10-11-12-13-14-15-16-17-18-19-20-21-22-23-27-30-34-38-47(50)54-42-44(43-56-59(52,53)55-41-40-49(3,4)5)57-48(51)39-35-31-28-25-24-26-29-33-37-46-45(58-46)36-32-9-7-2/h12-13,15-16,18-19,21-22,29,33,44-46H,6-11,14,17,20,23-28,30-32,34-43H2,1-5H3/p+1/b13-12-,16-15-,19-18-,22-21-,33-29-/t44-,45?,46?/m1/s1. The molecule has 0 saturated carbocycles. The minimum Gasteiger partial charge on any atom is -0.462 e. The van der Waals surface area contributed by atoms with Crippen LogP contribution in [0, 0.1) is 0 Å². The molecular weight excluding hydrogens is 765 g/mol. The van der Waals surface area contributed by atoms with Crippen molar-refractivity contribution in [2.24, 2.45) is 0 Å². The lowest BCUT2D eigenvalue weighted by atomic mass is 10.1. The van der Waals surface area contributed by atoms with Crippen LogP contribution in [-0.4, -0.2) is 87.1 Å². The number of esters is 2. The van der Waals surface area contributed by atoms with Crippen LogP contribution in [0.25, 0.3) is 0 Å². The summed E-state index contributed by atoms with van der Waals surface area (Å²) in [4.78, 5) is 35.4. The Hall–Kier alpha value is -2.33. The number of carbonyl (C=O) groups excluding carboxylic acids is 2. The van der Waals surface area contributed by atoms with E-state index in [0.29, 0.717) is 36.1 Å². The second-order valence-corrected chi connectivity index (χ2v) is 18.3. The van der Waals surface area contributed by atoms with Gasteiger partial charge < -0.3 is 23.6 Å². The van der Waals surface area contributed by atoms with Crippen LogP contribution >= 0.6 is 7.82 Å². The van der Waals surface area contributed by atoms with Gasteiger partial charge in [0.05, 0.1) is 40.0 Å². The number of nitrogens with zero attached hydrogens (tertiary/aromatic N) is 1. The van der Waals surface area contributed by atoms with Gasteiger partial charge in [0.2, 0.25) is 0 Å². The first-order valence-electron chi connectivity index (χ1n) is 23.1. The van der Waals surface area contributed by atoms with Crippen molar-refractivity contribution in [2.75, 3.05) is 47.5 Å². The summed E-state index contributed by atoms with van der Waals surface area (Å²) in [7, 11) is 1.43. The Morgan fingerprint density at radius 2 is 1.14 bits per heavy atom. The predicted molar refractivity (Wildman–Crippen MR) is 242 cm³/mol. The number of epoxide rings is 1. The maximum atomic E-state index is 12.7. The highest BCUT2D eigenvalue weighted by Gasteiger charge is 2.36. The second-order valence-electron chi connectivity index (χ2n) is 16.8. The zero-order valence-electron chi connectivity index (χ0n) is 37.9. The molecule has 1 aliphatic heterocycles. The van der Waals surface area contributed by atoms with E-state index in [0.717, 1.165) is 77.0 Å². The van der Waals surface area contributed by atoms with Gasteiger partial charge in [-0.05, 0) is 83.5 Å². The lowest BCUT2D eigenvalue weighted by Crippen LogP contribution is -2.37. The zero-order chi connectivity index (χ0) is 43.3. The van der Waals surface area contributed by atoms with Gasteiger partial charge in [-0.1, -0.05) is 132 Å². The van der Waals surface area contributed by atoms with Crippen molar-refractivity contribution in [1.29, 1.82) is 0 Å². The summed E-state index contributed by atoms with van der Waals surface area (Å²) in [6.45, 7) is 4.29. The number of carbonyl (C=O) groups is 2. The minimum atomic E-state index is -4.39. The number of allylic oxidation sites excluding steroid dienone is 9. The molecule has 0 amide bonds. The molecule has 3 unspecified atom stereocenters. The van der Waals surface area contributed by atoms with E-state index in [-0.39, 0.29) is 26.1 Å². The molecule has 59 heavy (non-hydrogen) atoms. The quantitative estimate of drug-likeness (QED) is 0.0160. The van der Waals surface area contributed by atoms with Crippen LogP contribution < -0.4 is 0 Å². The predicted octanol–water partition coefficient (Wildman–Crippen LogP) is 12.2. The number of phosphoric ester groups is 1. The molecule has 4 atom stereocenters. The van der Waals surface area contributed by atoms with Crippen molar-refractivity contribution < 1.29 is 46.8 Å².